The summed E-state index contributed by atoms with van der Waals surface area (Å²) in [6, 6.07) is 4.76. The third-order valence-electron chi connectivity index (χ3n) is 7.41. The molecule has 1 heterocycles. The molecule has 0 saturated heterocycles. The van der Waals surface area contributed by atoms with E-state index in [0.29, 0.717) is 23.5 Å². The van der Waals surface area contributed by atoms with Gasteiger partial charge in [0.15, 0.2) is 0 Å². The Labute approximate surface area is 259 Å². The Kier molecular flexibility index (Phi) is 13.3. The molecule has 0 radical (unpaired) electrons. The molecular formula is C29H45N4O9PS. The summed E-state index contributed by atoms with van der Waals surface area (Å²) >= 11 is 0. The van der Waals surface area contributed by atoms with Gasteiger partial charge in [-0.05, 0) is 82.1 Å². The van der Waals surface area contributed by atoms with Gasteiger partial charge in [0.1, 0.15) is 6.35 Å². The molecule has 1 aliphatic rings. The van der Waals surface area contributed by atoms with Gasteiger partial charge in [0.05, 0.1) is 24.7 Å². The molecule has 246 valence electrons. The van der Waals surface area contributed by atoms with Crippen LogP contribution in [0.25, 0.3) is 0 Å². The maximum atomic E-state index is 12.7. The number of hydrogen-bond donors (Lipinski definition) is 4. The number of aryl methyl sites for hydroxylation is 1. The summed E-state index contributed by atoms with van der Waals surface area (Å²) in [6.45, 7) is 8.16. The number of nitrogens with zero attached hydrogens (tertiary/aromatic N) is 1. The minimum Gasteiger partial charge on any atom is -0.494 e. The molecule has 13 nitrogen and oxygen atoms in total. The number of hydrogen-bond acceptors (Lipinski definition) is 9. The van der Waals surface area contributed by atoms with Crippen LogP contribution >= 0.6 is 7.60 Å². The van der Waals surface area contributed by atoms with Crippen LogP contribution in [-0.2, 0) is 41.2 Å². The number of nitrogens with one attached hydrogen (secondary N) is 3. The van der Waals surface area contributed by atoms with Crippen LogP contribution in [0.3, 0.4) is 0 Å². The maximum absolute atomic E-state index is 12.7. The van der Waals surface area contributed by atoms with E-state index in [1.54, 1.807) is 32.9 Å². The summed E-state index contributed by atoms with van der Waals surface area (Å²) < 4.78 is 56.9. The van der Waals surface area contributed by atoms with Crippen molar-refractivity contribution < 1.29 is 41.5 Å². The fourth-order valence-electron chi connectivity index (χ4n) is 5.01. The standard InChI is InChI=1S/C29H45N4O9PS/c1-5-41-43(37,42-6-2)20-40-18-16-26-22(4)19-33(27(26)34)29(36)30-17-15-23-9-13-25(14-10-23)44(38,39)32-28(35)31-24-11-7-21(3)8-12-24/h9-10,13-14,19,21,24,34H,5-8,11-12,15-18,20H2,1-4H3,(H,30,36)(H2,31,32,35). The first-order valence-corrected chi connectivity index (χ1v) is 18.1. The number of benzene rings is 1. The van der Waals surface area contributed by atoms with Gasteiger partial charge in [0.25, 0.3) is 10.0 Å². The van der Waals surface area contributed by atoms with Crippen molar-refractivity contribution in [3.8, 4) is 5.88 Å². The van der Waals surface area contributed by atoms with Crippen LogP contribution in [0.5, 0.6) is 5.88 Å². The lowest BCUT2D eigenvalue weighted by atomic mass is 9.87. The first-order chi connectivity index (χ1) is 20.9. The second-order valence-corrected chi connectivity index (χ2v) is 14.6. The predicted molar refractivity (Wildman–Crippen MR) is 165 cm³/mol. The molecule has 1 aromatic heterocycles. The lowest BCUT2D eigenvalue weighted by molar-refractivity contribution is 0.134. The first kappa shape index (κ1) is 35.6. The highest BCUT2D eigenvalue weighted by atomic mass is 32.2. The van der Waals surface area contributed by atoms with Crippen LogP contribution in [-0.4, -0.2) is 68.9 Å². The van der Waals surface area contributed by atoms with Gasteiger partial charge in [0.2, 0.25) is 5.88 Å². The topological polar surface area (TPSA) is 174 Å². The smallest absolute Gasteiger partial charge is 0.356 e. The van der Waals surface area contributed by atoms with Gasteiger partial charge in [-0.3, -0.25) is 4.57 Å². The number of amides is 3. The number of rotatable bonds is 15. The van der Waals surface area contributed by atoms with Crippen molar-refractivity contribution >= 4 is 29.7 Å². The van der Waals surface area contributed by atoms with Crippen LogP contribution in [0.2, 0.25) is 0 Å². The van der Waals surface area contributed by atoms with Crippen LogP contribution in [0.4, 0.5) is 9.59 Å². The molecule has 0 aliphatic heterocycles. The van der Waals surface area contributed by atoms with Gasteiger partial charge >= 0.3 is 19.7 Å². The Morgan fingerprint density at radius 3 is 2.30 bits per heavy atom. The molecule has 3 rings (SSSR count). The van der Waals surface area contributed by atoms with Gasteiger partial charge in [-0.2, -0.15) is 0 Å². The van der Waals surface area contributed by atoms with Crippen molar-refractivity contribution in [2.75, 3.05) is 32.7 Å². The highest BCUT2D eigenvalue weighted by Crippen LogP contribution is 2.47. The molecular weight excluding hydrogens is 611 g/mol. The molecule has 1 fully saturated rings. The third-order valence-corrected chi connectivity index (χ3v) is 10.6. The molecule has 15 heteroatoms. The van der Waals surface area contributed by atoms with Crippen molar-refractivity contribution in [2.45, 2.75) is 77.2 Å². The molecule has 0 bridgehead atoms. The number of ether oxygens (including phenoxy) is 1. The average Bonchev–Trinajstić information content (AvgIpc) is 3.25. The third kappa shape index (κ3) is 10.3. The average molecular weight is 657 g/mol. The zero-order valence-corrected chi connectivity index (χ0v) is 27.5. The monoisotopic (exact) mass is 656 g/mol. The van der Waals surface area contributed by atoms with Gasteiger partial charge in [-0.1, -0.05) is 19.1 Å². The highest BCUT2D eigenvalue weighted by Gasteiger charge is 2.25. The maximum Gasteiger partial charge on any atom is 0.356 e. The number of carbonyl (C=O) groups is 2. The predicted octanol–water partition coefficient (Wildman–Crippen LogP) is 4.65. The van der Waals surface area contributed by atoms with E-state index in [0.717, 1.165) is 35.8 Å². The van der Waals surface area contributed by atoms with Gasteiger partial charge in [-0.25, -0.2) is 27.3 Å². The molecule has 2 aromatic rings. The normalized spacial score (nSPS) is 17.3. The van der Waals surface area contributed by atoms with E-state index in [1.807, 2.05) is 0 Å². The van der Waals surface area contributed by atoms with Crippen LogP contribution in [0, 0.1) is 12.8 Å². The quantitative estimate of drug-likeness (QED) is 0.157. The van der Waals surface area contributed by atoms with Crippen LogP contribution < -0.4 is 15.4 Å². The number of aromatic hydroxyl groups is 1. The van der Waals surface area contributed by atoms with Gasteiger partial charge in [-0.15, -0.1) is 0 Å². The molecule has 1 aliphatic carbocycles. The SMILES string of the molecule is CCOP(=O)(COCCc1c(C)cn(C(=O)NCCc2ccc(S(=O)(=O)NC(=O)NC3CCC(C)CC3)cc2)c1O)OCC. The van der Waals surface area contributed by atoms with Crippen molar-refractivity contribution in [3.05, 3.63) is 47.2 Å². The van der Waals surface area contributed by atoms with E-state index in [9.17, 15) is 27.7 Å². The zero-order valence-electron chi connectivity index (χ0n) is 25.8. The lowest BCUT2D eigenvalue weighted by Gasteiger charge is -2.26. The summed E-state index contributed by atoms with van der Waals surface area (Å²) in [6.07, 6.45) is 5.64. The minimum atomic E-state index is -4.03. The van der Waals surface area contributed by atoms with Crippen molar-refractivity contribution in [3.63, 3.8) is 0 Å². The molecule has 44 heavy (non-hydrogen) atoms. The first-order valence-electron chi connectivity index (χ1n) is 14.9. The fourth-order valence-corrected chi connectivity index (χ4v) is 7.29. The Hall–Kier alpha value is -2.90. The number of aromatic nitrogens is 1. The van der Waals surface area contributed by atoms with Crippen molar-refractivity contribution in [1.29, 1.82) is 0 Å². The Balaban J connectivity index is 1.46. The van der Waals surface area contributed by atoms with Crippen molar-refractivity contribution in [1.82, 2.24) is 19.9 Å². The van der Waals surface area contributed by atoms with Crippen LogP contribution in [0.15, 0.2) is 35.4 Å². The molecule has 1 saturated carbocycles. The Morgan fingerprint density at radius 2 is 1.68 bits per heavy atom. The zero-order chi connectivity index (χ0) is 32.3. The van der Waals surface area contributed by atoms with E-state index in [4.69, 9.17) is 13.8 Å². The van der Waals surface area contributed by atoms with E-state index in [2.05, 4.69) is 22.3 Å². The summed E-state index contributed by atoms with van der Waals surface area (Å²) in [4.78, 5) is 25.0. The van der Waals surface area contributed by atoms with Gasteiger partial charge in [0, 0.05) is 30.8 Å². The molecule has 1 aromatic carbocycles. The highest BCUT2D eigenvalue weighted by molar-refractivity contribution is 7.90. The summed E-state index contributed by atoms with van der Waals surface area (Å²) in [5, 5.41) is 16.1. The summed E-state index contributed by atoms with van der Waals surface area (Å²) in [5.41, 5.74) is 1.98. The number of sulfonamides is 1. The second kappa shape index (κ2) is 16.4. The van der Waals surface area contributed by atoms with Crippen molar-refractivity contribution in [2.24, 2.45) is 5.92 Å². The Bertz CT molecular complexity index is 1390. The molecule has 0 unspecified atom stereocenters. The number of urea groups is 1. The summed E-state index contributed by atoms with van der Waals surface area (Å²) in [5.74, 6) is 0.397. The Morgan fingerprint density at radius 1 is 1.05 bits per heavy atom. The van der Waals surface area contributed by atoms with E-state index in [1.165, 1.54) is 18.3 Å². The van der Waals surface area contributed by atoms with E-state index < -0.39 is 29.7 Å². The molecule has 0 atom stereocenters. The largest absolute Gasteiger partial charge is 0.494 e. The second-order valence-electron chi connectivity index (χ2n) is 10.9. The molecule has 0 spiro atoms. The fraction of sp³-hybridized carbons (Fsp3) is 0.586. The number of carbonyl (C=O) groups excluding carboxylic acids is 2. The van der Waals surface area contributed by atoms with E-state index in [-0.39, 0.29) is 56.0 Å². The molecule has 4 N–H and O–H groups in total. The van der Waals surface area contributed by atoms with Gasteiger partial charge < -0.3 is 29.5 Å². The van der Waals surface area contributed by atoms with Crippen LogP contribution in [0.1, 0.15) is 63.1 Å². The molecule has 3 amide bonds. The summed E-state index contributed by atoms with van der Waals surface area (Å²) in [7, 11) is -7.38. The minimum absolute atomic E-state index is 0.0320. The van der Waals surface area contributed by atoms with E-state index >= 15 is 0 Å². The lowest BCUT2D eigenvalue weighted by Crippen LogP contribution is -2.45.